The number of hydrogen-bond acceptors (Lipinski definition) is 4. The SMILES string of the molecule is CC(C)c1c2c(nn1-c1ccccc1)CCN(c1nc(Cl)ncc1F)C2. The molecule has 1 aliphatic rings. The van der Waals surface area contributed by atoms with E-state index in [1.807, 2.05) is 39.9 Å². The zero-order valence-electron chi connectivity index (χ0n) is 14.7. The van der Waals surface area contributed by atoms with Gasteiger partial charge in [0.15, 0.2) is 11.6 Å². The van der Waals surface area contributed by atoms with Gasteiger partial charge in [-0.15, -0.1) is 0 Å². The van der Waals surface area contributed by atoms with Gasteiger partial charge in [0, 0.05) is 25.1 Å². The van der Waals surface area contributed by atoms with Crippen LogP contribution in [0.25, 0.3) is 5.69 Å². The van der Waals surface area contributed by atoms with Crippen LogP contribution < -0.4 is 4.90 Å². The highest BCUT2D eigenvalue weighted by molar-refractivity contribution is 6.28. The number of hydrogen-bond donors (Lipinski definition) is 0. The highest BCUT2D eigenvalue weighted by Gasteiger charge is 2.28. The van der Waals surface area contributed by atoms with Crippen molar-refractivity contribution in [2.24, 2.45) is 0 Å². The third kappa shape index (κ3) is 2.94. The fourth-order valence-corrected chi connectivity index (χ4v) is 3.62. The molecule has 0 amide bonds. The third-order valence-electron chi connectivity index (χ3n) is 4.62. The Balaban J connectivity index is 1.77. The first kappa shape index (κ1) is 17.0. The monoisotopic (exact) mass is 371 g/mol. The Morgan fingerprint density at radius 3 is 2.69 bits per heavy atom. The van der Waals surface area contributed by atoms with Gasteiger partial charge in [0.05, 0.1) is 23.3 Å². The van der Waals surface area contributed by atoms with Gasteiger partial charge in [-0.1, -0.05) is 32.0 Å². The second-order valence-corrected chi connectivity index (χ2v) is 7.03. The quantitative estimate of drug-likeness (QED) is 0.649. The number of nitrogens with zero attached hydrogens (tertiary/aromatic N) is 5. The lowest BCUT2D eigenvalue weighted by Crippen LogP contribution is -2.32. The maximum Gasteiger partial charge on any atom is 0.224 e. The number of benzene rings is 1. The van der Waals surface area contributed by atoms with E-state index in [2.05, 4.69) is 23.8 Å². The summed E-state index contributed by atoms with van der Waals surface area (Å²) in [6, 6.07) is 10.1. The zero-order valence-corrected chi connectivity index (χ0v) is 15.4. The zero-order chi connectivity index (χ0) is 18.3. The number of fused-ring (bicyclic) bond motifs is 1. The summed E-state index contributed by atoms with van der Waals surface area (Å²) in [5.74, 6) is 0.0717. The van der Waals surface area contributed by atoms with E-state index in [0.717, 1.165) is 35.3 Å². The molecule has 4 rings (SSSR count). The summed E-state index contributed by atoms with van der Waals surface area (Å²) in [6.45, 7) is 5.50. The maximum absolute atomic E-state index is 14.2. The molecule has 0 saturated heterocycles. The Labute approximate surface area is 156 Å². The molecule has 0 unspecified atom stereocenters. The van der Waals surface area contributed by atoms with Gasteiger partial charge in [-0.25, -0.2) is 14.1 Å². The fourth-order valence-electron chi connectivity index (χ4n) is 3.49. The van der Waals surface area contributed by atoms with Gasteiger partial charge >= 0.3 is 0 Å². The molecule has 0 radical (unpaired) electrons. The lowest BCUT2D eigenvalue weighted by atomic mass is 9.99. The predicted molar refractivity (Wildman–Crippen MR) is 99.4 cm³/mol. The fraction of sp³-hybridized carbons (Fsp3) is 0.316. The van der Waals surface area contributed by atoms with E-state index in [1.54, 1.807) is 0 Å². The van der Waals surface area contributed by atoms with E-state index in [4.69, 9.17) is 16.7 Å². The highest BCUT2D eigenvalue weighted by Crippen LogP contribution is 2.32. The van der Waals surface area contributed by atoms with Gasteiger partial charge in [0.25, 0.3) is 0 Å². The van der Waals surface area contributed by atoms with Crippen molar-refractivity contribution < 1.29 is 4.39 Å². The maximum atomic E-state index is 14.2. The molecule has 7 heteroatoms. The van der Waals surface area contributed by atoms with Crippen LogP contribution in [0.4, 0.5) is 10.2 Å². The molecule has 3 aromatic rings. The molecule has 0 N–H and O–H groups in total. The van der Waals surface area contributed by atoms with Crippen molar-refractivity contribution in [1.82, 2.24) is 19.7 Å². The minimum absolute atomic E-state index is 0.0521. The molecule has 134 valence electrons. The van der Waals surface area contributed by atoms with Gasteiger partial charge < -0.3 is 4.90 Å². The summed E-state index contributed by atoms with van der Waals surface area (Å²) in [5.41, 5.74) is 4.39. The molecule has 1 aromatic carbocycles. The van der Waals surface area contributed by atoms with Crippen molar-refractivity contribution in [3.63, 3.8) is 0 Å². The van der Waals surface area contributed by atoms with Crippen LogP contribution in [0.15, 0.2) is 36.5 Å². The van der Waals surface area contributed by atoms with Crippen molar-refractivity contribution in [3.8, 4) is 5.69 Å². The molecule has 0 fully saturated rings. The Morgan fingerprint density at radius 2 is 1.96 bits per heavy atom. The van der Waals surface area contributed by atoms with E-state index in [9.17, 15) is 4.39 Å². The highest BCUT2D eigenvalue weighted by atomic mass is 35.5. The first-order chi connectivity index (χ1) is 12.5. The summed E-state index contributed by atoms with van der Waals surface area (Å²) in [7, 11) is 0. The normalized spacial score (nSPS) is 14.0. The Bertz CT molecular complexity index is 939. The van der Waals surface area contributed by atoms with Gasteiger partial charge in [-0.05, 0) is 29.7 Å². The minimum Gasteiger partial charge on any atom is -0.349 e. The predicted octanol–water partition coefficient (Wildman–Crippen LogP) is 4.14. The Hall–Kier alpha value is -2.47. The molecular formula is C19H19ClFN5. The summed E-state index contributed by atoms with van der Waals surface area (Å²) in [5, 5.41) is 4.90. The van der Waals surface area contributed by atoms with E-state index in [1.165, 1.54) is 0 Å². The third-order valence-corrected chi connectivity index (χ3v) is 4.80. The molecule has 0 spiro atoms. The van der Waals surface area contributed by atoms with Crippen molar-refractivity contribution in [1.29, 1.82) is 0 Å². The van der Waals surface area contributed by atoms with Crippen LogP contribution >= 0.6 is 11.6 Å². The minimum atomic E-state index is -0.459. The number of aromatic nitrogens is 4. The number of anilines is 1. The lowest BCUT2D eigenvalue weighted by molar-refractivity contribution is 0.592. The summed E-state index contributed by atoms with van der Waals surface area (Å²) >= 11 is 5.87. The van der Waals surface area contributed by atoms with Gasteiger partial charge in [0.2, 0.25) is 5.28 Å². The average Bonchev–Trinajstić information content (AvgIpc) is 3.03. The van der Waals surface area contributed by atoms with E-state index < -0.39 is 5.82 Å². The first-order valence-corrected chi connectivity index (χ1v) is 9.01. The number of para-hydroxylation sites is 1. The first-order valence-electron chi connectivity index (χ1n) is 8.63. The Kier molecular flexibility index (Phi) is 4.36. The summed E-state index contributed by atoms with van der Waals surface area (Å²) in [4.78, 5) is 9.70. The van der Waals surface area contributed by atoms with Crippen LogP contribution in [0.2, 0.25) is 5.28 Å². The van der Waals surface area contributed by atoms with Crippen LogP contribution in [0.5, 0.6) is 0 Å². The average molecular weight is 372 g/mol. The molecule has 3 heterocycles. The summed E-state index contributed by atoms with van der Waals surface area (Å²) in [6.07, 6.45) is 1.85. The second-order valence-electron chi connectivity index (χ2n) is 6.69. The summed E-state index contributed by atoms with van der Waals surface area (Å²) < 4.78 is 16.2. The van der Waals surface area contributed by atoms with Crippen LogP contribution in [0.3, 0.4) is 0 Å². The number of rotatable bonds is 3. The molecule has 0 bridgehead atoms. The molecule has 0 aliphatic carbocycles. The molecule has 1 aliphatic heterocycles. The van der Waals surface area contributed by atoms with E-state index >= 15 is 0 Å². The molecule has 0 atom stereocenters. The van der Waals surface area contributed by atoms with Gasteiger partial charge in [-0.3, -0.25) is 0 Å². The van der Waals surface area contributed by atoms with Gasteiger partial charge in [0.1, 0.15) is 0 Å². The second kappa shape index (κ2) is 6.68. The van der Waals surface area contributed by atoms with Crippen LogP contribution in [0, 0.1) is 5.82 Å². The smallest absolute Gasteiger partial charge is 0.224 e. The molecule has 0 saturated carbocycles. The number of halogens is 2. The molecule has 2 aromatic heterocycles. The molecule has 26 heavy (non-hydrogen) atoms. The largest absolute Gasteiger partial charge is 0.349 e. The van der Waals surface area contributed by atoms with Crippen molar-refractivity contribution >= 4 is 17.4 Å². The van der Waals surface area contributed by atoms with Crippen molar-refractivity contribution in [3.05, 3.63) is 64.6 Å². The standard InChI is InChI=1S/C19H19ClFN5/c1-12(2)17-14-11-25(18-15(21)10-22-19(20)23-18)9-8-16(14)24-26(17)13-6-4-3-5-7-13/h3-7,10,12H,8-9,11H2,1-2H3. The van der Waals surface area contributed by atoms with Crippen molar-refractivity contribution in [2.75, 3.05) is 11.4 Å². The Morgan fingerprint density at radius 1 is 1.19 bits per heavy atom. The van der Waals surface area contributed by atoms with Crippen LogP contribution in [0.1, 0.15) is 36.7 Å². The van der Waals surface area contributed by atoms with E-state index in [0.29, 0.717) is 13.1 Å². The van der Waals surface area contributed by atoms with Crippen LogP contribution in [-0.2, 0) is 13.0 Å². The van der Waals surface area contributed by atoms with Crippen molar-refractivity contribution in [2.45, 2.75) is 32.7 Å². The lowest BCUT2D eigenvalue weighted by Gasteiger charge is -2.28. The van der Waals surface area contributed by atoms with Crippen LogP contribution in [-0.4, -0.2) is 26.3 Å². The molecular weight excluding hydrogens is 353 g/mol. The van der Waals surface area contributed by atoms with Gasteiger partial charge in [-0.2, -0.15) is 10.1 Å². The molecule has 5 nitrogen and oxygen atoms in total. The van der Waals surface area contributed by atoms with E-state index in [-0.39, 0.29) is 17.0 Å². The topological polar surface area (TPSA) is 46.8 Å².